The van der Waals surface area contributed by atoms with Crippen LogP contribution < -0.4 is 21.3 Å². The van der Waals surface area contributed by atoms with Crippen molar-refractivity contribution in [1.82, 2.24) is 15.6 Å². The number of carbonyl (C=O) groups excluding carboxylic acids is 2. The smallest absolute Gasteiger partial charge is 0.312 e. The van der Waals surface area contributed by atoms with Gasteiger partial charge in [-0.15, -0.1) is 0 Å². The van der Waals surface area contributed by atoms with Gasteiger partial charge in [-0.1, -0.05) is 36.4 Å². The van der Waals surface area contributed by atoms with Gasteiger partial charge in [0.1, 0.15) is 5.82 Å². The number of anilines is 1. The number of hydrogen-bond acceptors (Lipinski definition) is 4. The Balaban J connectivity index is 2.01. The number of nitrogens with two attached hydrogens (primary N) is 1. The minimum absolute atomic E-state index is 0.102. The van der Waals surface area contributed by atoms with Gasteiger partial charge in [0.25, 0.3) is 0 Å². The standard InChI is InChI=1S/C18H23N5O2/c1-23(2)17-14(9-6-10-20-17)12-21-16(24)11-15(22-18(19)25)13-7-4-3-5-8-13/h3-10,15H,11-12H2,1-2H3,(H,21,24)(H3,19,22,25)/t15-/m0/s1. The molecule has 0 aliphatic heterocycles. The van der Waals surface area contributed by atoms with Gasteiger partial charge in [0, 0.05) is 32.4 Å². The van der Waals surface area contributed by atoms with Gasteiger partial charge < -0.3 is 21.3 Å². The number of urea groups is 1. The van der Waals surface area contributed by atoms with Gasteiger partial charge in [-0.25, -0.2) is 9.78 Å². The fourth-order valence-electron chi connectivity index (χ4n) is 2.53. The molecule has 0 unspecified atom stereocenters. The van der Waals surface area contributed by atoms with Crippen LogP contribution in [0.4, 0.5) is 10.6 Å². The van der Waals surface area contributed by atoms with Gasteiger partial charge in [0.15, 0.2) is 0 Å². The molecule has 1 aromatic carbocycles. The maximum Gasteiger partial charge on any atom is 0.312 e. The van der Waals surface area contributed by atoms with E-state index in [4.69, 9.17) is 5.73 Å². The van der Waals surface area contributed by atoms with E-state index >= 15 is 0 Å². The van der Waals surface area contributed by atoms with Crippen LogP contribution in [0.25, 0.3) is 0 Å². The molecule has 0 bridgehead atoms. The largest absolute Gasteiger partial charge is 0.362 e. The fraction of sp³-hybridized carbons (Fsp3) is 0.278. The zero-order chi connectivity index (χ0) is 18.2. The highest BCUT2D eigenvalue weighted by Gasteiger charge is 2.17. The van der Waals surface area contributed by atoms with Crippen LogP contribution in [-0.4, -0.2) is 31.0 Å². The summed E-state index contributed by atoms with van der Waals surface area (Å²) in [6.07, 6.45) is 1.81. The number of amides is 3. The second-order valence-corrected chi connectivity index (χ2v) is 5.83. The van der Waals surface area contributed by atoms with Crippen molar-refractivity contribution < 1.29 is 9.59 Å². The Hall–Kier alpha value is -3.09. The number of nitrogens with zero attached hydrogens (tertiary/aromatic N) is 2. The molecule has 0 aliphatic rings. The summed E-state index contributed by atoms with van der Waals surface area (Å²) < 4.78 is 0. The number of benzene rings is 1. The molecule has 0 radical (unpaired) electrons. The summed E-state index contributed by atoms with van der Waals surface area (Å²) in [5.41, 5.74) is 6.97. The van der Waals surface area contributed by atoms with Crippen molar-refractivity contribution in [3.63, 3.8) is 0 Å². The summed E-state index contributed by atoms with van der Waals surface area (Å²) in [7, 11) is 3.80. The van der Waals surface area contributed by atoms with E-state index in [-0.39, 0.29) is 12.3 Å². The van der Waals surface area contributed by atoms with Crippen LogP contribution in [-0.2, 0) is 11.3 Å². The van der Waals surface area contributed by atoms with Crippen molar-refractivity contribution >= 4 is 17.8 Å². The molecule has 25 heavy (non-hydrogen) atoms. The van der Waals surface area contributed by atoms with E-state index in [0.29, 0.717) is 6.54 Å². The van der Waals surface area contributed by atoms with Crippen molar-refractivity contribution in [2.24, 2.45) is 5.73 Å². The number of carbonyl (C=O) groups is 2. The first kappa shape index (κ1) is 18.3. The second kappa shape index (κ2) is 8.68. The summed E-state index contributed by atoms with van der Waals surface area (Å²) >= 11 is 0. The number of hydrogen-bond donors (Lipinski definition) is 3. The van der Waals surface area contributed by atoms with Crippen LogP contribution in [0.2, 0.25) is 0 Å². The average molecular weight is 341 g/mol. The van der Waals surface area contributed by atoms with Crippen LogP contribution in [0.3, 0.4) is 0 Å². The number of rotatable bonds is 7. The summed E-state index contributed by atoms with van der Waals surface area (Å²) in [4.78, 5) is 29.8. The first-order valence-electron chi connectivity index (χ1n) is 7.96. The monoisotopic (exact) mass is 341 g/mol. The van der Waals surface area contributed by atoms with Gasteiger partial charge in [-0.2, -0.15) is 0 Å². The number of pyridine rings is 1. The van der Waals surface area contributed by atoms with E-state index in [2.05, 4.69) is 15.6 Å². The minimum Gasteiger partial charge on any atom is -0.362 e. The molecule has 132 valence electrons. The maximum atomic E-state index is 12.3. The second-order valence-electron chi connectivity index (χ2n) is 5.83. The van der Waals surface area contributed by atoms with Gasteiger partial charge in [0.2, 0.25) is 5.91 Å². The molecule has 0 saturated carbocycles. The molecule has 0 fully saturated rings. The molecule has 0 aliphatic carbocycles. The number of primary amides is 1. The zero-order valence-corrected chi connectivity index (χ0v) is 14.4. The Morgan fingerprint density at radius 2 is 1.88 bits per heavy atom. The highest BCUT2D eigenvalue weighted by Crippen LogP contribution is 2.17. The molecule has 1 aromatic heterocycles. The molecule has 0 saturated heterocycles. The molecule has 1 atom stereocenters. The first-order valence-corrected chi connectivity index (χ1v) is 7.96. The van der Waals surface area contributed by atoms with E-state index in [1.165, 1.54) is 0 Å². The van der Waals surface area contributed by atoms with Crippen molar-refractivity contribution in [2.45, 2.75) is 19.0 Å². The molecule has 2 aromatic rings. The molecule has 7 heteroatoms. The molecule has 0 spiro atoms. The predicted octanol–water partition coefficient (Wildman–Crippen LogP) is 1.56. The van der Waals surface area contributed by atoms with Crippen LogP contribution in [0.15, 0.2) is 48.7 Å². The lowest BCUT2D eigenvalue weighted by Gasteiger charge is -2.19. The maximum absolute atomic E-state index is 12.3. The molecule has 7 nitrogen and oxygen atoms in total. The first-order chi connectivity index (χ1) is 12.0. The normalized spacial score (nSPS) is 11.4. The number of aromatic nitrogens is 1. The summed E-state index contributed by atoms with van der Waals surface area (Å²) in [6, 6.07) is 11.9. The van der Waals surface area contributed by atoms with Crippen LogP contribution in [0, 0.1) is 0 Å². The lowest BCUT2D eigenvalue weighted by Crippen LogP contribution is -2.36. The average Bonchev–Trinajstić information content (AvgIpc) is 2.60. The molecular formula is C18H23N5O2. The Morgan fingerprint density at radius 3 is 2.52 bits per heavy atom. The van der Waals surface area contributed by atoms with Gasteiger partial charge >= 0.3 is 6.03 Å². The summed E-state index contributed by atoms with van der Waals surface area (Å²) in [5, 5.41) is 5.48. The SMILES string of the molecule is CN(C)c1ncccc1CNC(=O)C[C@H](NC(N)=O)c1ccccc1. The molecule has 4 N–H and O–H groups in total. The Bertz CT molecular complexity index is 718. The van der Waals surface area contributed by atoms with Crippen molar-refractivity contribution in [1.29, 1.82) is 0 Å². The minimum atomic E-state index is -0.663. The Kier molecular flexibility index (Phi) is 6.33. The lowest BCUT2D eigenvalue weighted by atomic mass is 10.0. The third-order valence-corrected chi connectivity index (χ3v) is 3.68. The number of nitrogens with one attached hydrogen (secondary N) is 2. The zero-order valence-electron chi connectivity index (χ0n) is 14.4. The fourth-order valence-corrected chi connectivity index (χ4v) is 2.53. The van der Waals surface area contributed by atoms with Crippen LogP contribution in [0.1, 0.15) is 23.6 Å². The highest BCUT2D eigenvalue weighted by atomic mass is 16.2. The quantitative estimate of drug-likeness (QED) is 0.711. The lowest BCUT2D eigenvalue weighted by molar-refractivity contribution is -0.121. The van der Waals surface area contributed by atoms with E-state index in [1.54, 1.807) is 6.20 Å². The van der Waals surface area contributed by atoms with E-state index in [0.717, 1.165) is 16.9 Å². The molecule has 1 heterocycles. The van der Waals surface area contributed by atoms with Crippen molar-refractivity contribution in [3.8, 4) is 0 Å². The van der Waals surface area contributed by atoms with E-state index in [1.807, 2.05) is 61.5 Å². The van der Waals surface area contributed by atoms with Gasteiger partial charge in [0.05, 0.1) is 12.5 Å². The van der Waals surface area contributed by atoms with E-state index in [9.17, 15) is 9.59 Å². The van der Waals surface area contributed by atoms with Crippen molar-refractivity contribution in [3.05, 3.63) is 59.8 Å². The van der Waals surface area contributed by atoms with Gasteiger partial charge in [-0.05, 0) is 11.6 Å². The van der Waals surface area contributed by atoms with Crippen LogP contribution in [0.5, 0.6) is 0 Å². The van der Waals surface area contributed by atoms with Gasteiger partial charge in [-0.3, -0.25) is 4.79 Å². The third kappa shape index (κ3) is 5.49. The molecular weight excluding hydrogens is 318 g/mol. The van der Waals surface area contributed by atoms with Crippen LogP contribution >= 0.6 is 0 Å². The summed E-state index contributed by atoms with van der Waals surface area (Å²) in [5.74, 6) is 0.619. The summed E-state index contributed by atoms with van der Waals surface area (Å²) in [6.45, 7) is 0.359. The third-order valence-electron chi connectivity index (χ3n) is 3.68. The molecule has 2 rings (SSSR count). The predicted molar refractivity (Wildman–Crippen MR) is 96.9 cm³/mol. The highest BCUT2D eigenvalue weighted by molar-refractivity contribution is 5.79. The molecule has 3 amide bonds. The Labute approximate surface area is 147 Å². The van der Waals surface area contributed by atoms with Crippen molar-refractivity contribution in [2.75, 3.05) is 19.0 Å². The Morgan fingerprint density at radius 1 is 1.16 bits per heavy atom. The topological polar surface area (TPSA) is 100 Å². The van der Waals surface area contributed by atoms with E-state index < -0.39 is 12.1 Å².